The van der Waals surface area contributed by atoms with Crippen molar-refractivity contribution in [2.75, 3.05) is 26.2 Å². The Balaban J connectivity index is 1.65. The highest BCUT2D eigenvalue weighted by Gasteiger charge is 2.35. The molecule has 0 spiro atoms. The van der Waals surface area contributed by atoms with Crippen LogP contribution in [0.4, 0.5) is 0 Å². The number of sulfonamides is 1. The predicted molar refractivity (Wildman–Crippen MR) is 90.0 cm³/mol. The molecule has 0 saturated carbocycles. The SMILES string of the molecule is O=S(=O)(c1ccc(Cl)cc1)N1CCC(N2CCCC2CO)CC1. The second-order valence-electron chi connectivity index (χ2n) is 6.31. The molecule has 0 bridgehead atoms. The van der Waals surface area contributed by atoms with E-state index in [1.807, 2.05) is 0 Å². The van der Waals surface area contributed by atoms with Crippen LogP contribution in [0.15, 0.2) is 29.2 Å². The van der Waals surface area contributed by atoms with Crippen molar-refractivity contribution in [2.24, 2.45) is 0 Å². The van der Waals surface area contributed by atoms with Crippen LogP contribution in [0.1, 0.15) is 25.7 Å². The number of aliphatic hydroxyl groups is 1. The van der Waals surface area contributed by atoms with Gasteiger partial charge in [-0.25, -0.2) is 8.42 Å². The maximum Gasteiger partial charge on any atom is 0.243 e. The molecule has 1 aromatic carbocycles. The largest absolute Gasteiger partial charge is 0.395 e. The molecule has 23 heavy (non-hydrogen) atoms. The Morgan fingerprint density at radius 1 is 1.09 bits per heavy atom. The molecule has 5 nitrogen and oxygen atoms in total. The van der Waals surface area contributed by atoms with Crippen LogP contribution in [0.3, 0.4) is 0 Å². The molecule has 0 amide bonds. The Kier molecular flexibility index (Phi) is 5.28. The minimum absolute atomic E-state index is 0.198. The van der Waals surface area contributed by atoms with Crippen LogP contribution in [0.5, 0.6) is 0 Å². The van der Waals surface area contributed by atoms with Gasteiger partial charge in [0.15, 0.2) is 0 Å². The number of halogens is 1. The molecule has 128 valence electrons. The zero-order valence-electron chi connectivity index (χ0n) is 13.1. The van der Waals surface area contributed by atoms with Crippen molar-refractivity contribution in [2.45, 2.75) is 42.7 Å². The summed E-state index contributed by atoms with van der Waals surface area (Å²) in [5.74, 6) is 0. The van der Waals surface area contributed by atoms with E-state index in [4.69, 9.17) is 11.6 Å². The lowest BCUT2D eigenvalue weighted by atomic mass is 10.0. The quantitative estimate of drug-likeness (QED) is 0.893. The summed E-state index contributed by atoms with van der Waals surface area (Å²) in [6.45, 7) is 2.28. The monoisotopic (exact) mass is 358 g/mol. The molecule has 2 aliphatic heterocycles. The van der Waals surface area contributed by atoms with Gasteiger partial charge < -0.3 is 5.11 Å². The molecule has 0 aliphatic carbocycles. The van der Waals surface area contributed by atoms with Crippen LogP contribution in [0.2, 0.25) is 5.02 Å². The van der Waals surface area contributed by atoms with Gasteiger partial charge in [0, 0.05) is 30.2 Å². The molecule has 1 aromatic rings. The highest BCUT2D eigenvalue weighted by Crippen LogP contribution is 2.28. The van der Waals surface area contributed by atoms with E-state index in [1.165, 1.54) is 0 Å². The molecule has 1 unspecified atom stereocenters. The van der Waals surface area contributed by atoms with Crippen molar-refractivity contribution in [3.63, 3.8) is 0 Å². The molecule has 1 N–H and O–H groups in total. The number of benzene rings is 1. The van der Waals surface area contributed by atoms with Crippen LogP contribution >= 0.6 is 11.6 Å². The van der Waals surface area contributed by atoms with Crippen LogP contribution in [-0.2, 0) is 10.0 Å². The van der Waals surface area contributed by atoms with Gasteiger partial charge in [0.2, 0.25) is 10.0 Å². The number of hydrogen-bond donors (Lipinski definition) is 1. The van der Waals surface area contributed by atoms with Gasteiger partial charge in [-0.1, -0.05) is 11.6 Å². The molecular weight excluding hydrogens is 336 g/mol. The highest BCUT2D eigenvalue weighted by molar-refractivity contribution is 7.89. The van der Waals surface area contributed by atoms with E-state index >= 15 is 0 Å². The fourth-order valence-electron chi connectivity index (χ4n) is 3.70. The molecular formula is C16H23ClN2O3S. The van der Waals surface area contributed by atoms with Crippen molar-refractivity contribution in [1.82, 2.24) is 9.21 Å². The number of likely N-dealkylation sites (tertiary alicyclic amines) is 1. The first-order chi connectivity index (χ1) is 11.0. The summed E-state index contributed by atoms with van der Waals surface area (Å²) in [6, 6.07) is 6.97. The second kappa shape index (κ2) is 7.07. The topological polar surface area (TPSA) is 60.9 Å². The van der Waals surface area contributed by atoms with E-state index in [1.54, 1.807) is 28.6 Å². The van der Waals surface area contributed by atoms with Crippen LogP contribution in [0, 0.1) is 0 Å². The molecule has 3 rings (SSSR count). The summed E-state index contributed by atoms with van der Waals surface area (Å²) in [5.41, 5.74) is 0. The Bertz CT molecular complexity index is 627. The van der Waals surface area contributed by atoms with Crippen molar-refractivity contribution in [1.29, 1.82) is 0 Å². The fourth-order valence-corrected chi connectivity index (χ4v) is 5.30. The maximum atomic E-state index is 12.7. The first-order valence-electron chi connectivity index (χ1n) is 8.14. The molecule has 2 heterocycles. The Morgan fingerprint density at radius 3 is 2.35 bits per heavy atom. The third kappa shape index (κ3) is 3.56. The van der Waals surface area contributed by atoms with Gasteiger partial charge in [0.05, 0.1) is 11.5 Å². The van der Waals surface area contributed by atoms with E-state index in [-0.39, 0.29) is 12.6 Å². The number of rotatable bonds is 4. The number of hydrogen-bond acceptors (Lipinski definition) is 4. The summed E-state index contributed by atoms with van der Waals surface area (Å²) in [7, 11) is -3.44. The molecule has 7 heteroatoms. The summed E-state index contributed by atoms with van der Waals surface area (Å²) in [5, 5.41) is 9.99. The first kappa shape index (κ1) is 17.2. The lowest BCUT2D eigenvalue weighted by Crippen LogP contribution is -2.48. The minimum Gasteiger partial charge on any atom is -0.395 e. The smallest absolute Gasteiger partial charge is 0.243 e. The molecule has 0 radical (unpaired) electrons. The van der Waals surface area contributed by atoms with E-state index in [0.29, 0.717) is 29.0 Å². The Hall–Kier alpha value is -0.660. The van der Waals surface area contributed by atoms with Gasteiger partial charge >= 0.3 is 0 Å². The van der Waals surface area contributed by atoms with Crippen LogP contribution < -0.4 is 0 Å². The summed E-state index contributed by atoms with van der Waals surface area (Å²) < 4.78 is 26.9. The van der Waals surface area contributed by atoms with Gasteiger partial charge in [-0.3, -0.25) is 4.90 Å². The zero-order chi connectivity index (χ0) is 16.4. The fraction of sp³-hybridized carbons (Fsp3) is 0.625. The van der Waals surface area contributed by atoms with Crippen molar-refractivity contribution >= 4 is 21.6 Å². The summed E-state index contributed by atoms with van der Waals surface area (Å²) >= 11 is 5.83. The number of aliphatic hydroxyl groups excluding tert-OH is 1. The molecule has 0 aromatic heterocycles. The van der Waals surface area contributed by atoms with Gasteiger partial charge in [-0.15, -0.1) is 0 Å². The maximum absolute atomic E-state index is 12.7. The third-order valence-corrected chi connectivity index (χ3v) is 7.14. The molecule has 2 aliphatic rings. The average Bonchev–Trinajstić information content (AvgIpc) is 3.04. The molecule has 2 saturated heterocycles. The minimum atomic E-state index is -3.44. The highest BCUT2D eigenvalue weighted by atomic mass is 35.5. The van der Waals surface area contributed by atoms with Gasteiger partial charge in [-0.05, 0) is 56.5 Å². The van der Waals surface area contributed by atoms with Crippen molar-refractivity contribution < 1.29 is 13.5 Å². The Labute approximate surface area is 142 Å². The lowest BCUT2D eigenvalue weighted by Gasteiger charge is -2.38. The normalized spacial score (nSPS) is 25.0. The van der Waals surface area contributed by atoms with Crippen molar-refractivity contribution in [3.8, 4) is 0 Å². The van der Waals surface area contributed by atoms with E-state index in [9.17, 15) is 13.5 Å². The van der Waals surface area contributed by atoms with Gasteiger partial charge in [-0.2, -0.15) is 4.31 Å². The van der Waals surface area contributed by atoms with E-state index in [2.05, 4.69) is 4.90 Å². The average molecular weight is 359 g/mol. The first-order valence-corrected chi connectivity index (χ1v) is 9.96. The Morgan fingerprint density at radius 2 is 1.74 bits per heavy atom. The van der Waals surface area contributed by atoms with Crippen molar-refractivity contribution in [3.05, 3.63) is 29.3 Å². The zero-order valence-corrected chi connectivity index (χ0v) is 14.6. The lowest BCUT2D eigenvalue weighted by molar-refractivity contribution is 0.0899. The van der Waals surface area contributed by atoms with Gasteiger partial charge in [0.1, 0.15) is 0 Å². The van der Waals surface area contributed by atoms with Gasteiger partial charge in [0.25, 0.3) is 0 Å². The number of nitrogens with zero attached hydrogens (tertiary/aromatic N) is 2. The number of piperidine rings is 1. The second-order valence-corrected chi connectivity index (χ2v) is 8.68. The van der Waals surface area contributed by atoms with E-state index in [0.717, 1.165) is 32.2 Å². The summed E-state index contributed by atoms with van der Waals surface area (Å²) in [4.78, 5) is 2.67. The van der Waals surface area contributed by atoms with E-state index < -0.39 is 10.0 Å². The van der Waals surface area contributed by atoms with Crippen LogP contribution in [0.25, 0.3) is 0 Å². The molecule has 2 fully saturated rings. The third-order valence-electron chi connectivity index (χ3n) is 4.98. The van der Waals surface area contributed by atoms with Crippen LogP contribution in [-0.4, -0.2) is 61.1 Å². The molecule has 1 atom stereocenters. The summed E-state index contributed by atoms with van der Waals surface area (Å²) in [6.07, 6.45) is 3.81. The predicted octanol–water partition coefficient (Wildman–Crippen LogP) is 1.95. The standard InChI is InChI=1S/C16H23ClN2O3S/c17-13-3-5-16(6-4-13)23(21,22)18-10-7-14(8-11-18)19-9-1-2-15(19)12-20/h3-6,14-15,20H,1-2,7-12H2.